The molecule has 0 amide bonds. The van der Waals surface area contributed by atoms with E-state index in [-0.39, 0.29) is 24.0 Å². The van der Waals surface area contributed by atoms with Gasteiger partial charge in [-0.2, -0.15) is 11.8 Å². The molecule has 2 rings (SSSR count). The molecule has 3 nitrogen and oxygen atoms in total. The second-order valence-electron chi connectivity index (χ2n) is 5.29. The first-order chi connectivity index (χ1) is 7.64. The quantitative estimate of drug-likeness (QED) is 0.472. The van der Waals surface area contributed by atoms with Crippen molar-refractivity contribution in [2.75, 3.05) is 31.1 Å². The van der Waals surface area contributed by atoms with Gasteiger partial charge >= 0.3 is 0 Å². The fraction of sp³-hybridized carbons (Fsp3) is 0.917. The Hall–Kier alpha value is 0.350. The number of halogens is 1. The van der Waals surface area contributed by atoms with Crippen LogP contribution in [0, 0.1) is 11.3 Å². The van der Waals surface area contributed by atoms with Crippen LogP contribution in [-0.2, 0) is 0 Å². The van der Waals surface area contributed by atoms with E-state index in [1.165, 1.54) is 24.3 Å². The average molecular weight is 369 g/mol. The molecule has 0 radical (unpaired) electrons. The first-order valence-corrected chi connectivity index (χ1v) is 7.42. The second-order valence-corrected chi connectivity index (χ2v) is 6.52. The molecule has 1 saturated carbocycles. The maximum Gasteiger partial charge on any atom is 0.191 e. The molecule has 5 heteroatoms. The molecule has 0 atom stereocenters. The highest BCUT2D eigenvalue weighted by Crippen LogP contribution is 2.51. The van der Waals surface area contributed by atoms with Gasteiger partial charge in [-0.3, -0.25) is 4.99 Å². The molecule has 1 heterocycles. The zero-order valence-corrected chi connectivity index (χ0v) is 14.0. The van der Waals surface area contributed by atoms with E-state index in [0.29, 0.717) is 5.41 Å². The zero-order valence-electron chi connectivity index (χ0n) is 10.8. The normalized spacial score (nSPS) is 23.5. The Kier molecular flexibility index (Phi) is 5.89. The lowest BCUT2D eigenvalue weighted by Gasteiger charge is -2.28. The summed E-state index contributed by atoms with van der Waals surface area (Å²) in [6.45, 7) is 7.66. The second kappa shape index (κ2) is 6.50. The van der Waals surface area contributed by atoms with Crippen LogP contribution in [0.15, 0.2) is 4.99 Å². The van der Waals surface area contributed by atoms with Gasteiger partial charge in [-0.15, -0.1) is 24.0 Å². The Morgan fingerprint density at radius 3 is 2.41 bits per heavy atom. The Morgan fingerprint density at radius 2 is 1.94 bits per heavy atom. The molecular weight excluding hydrogens is 345 g/mol. The predicted octanol–water partition coefficient (Wildman–Crippen LogP) is 2.40. The number of nitrogens with zero attached hydrogens (tertiary/aromatic N) is 2. The number of thioether (sulfide) groups is 1. The molecule has 1 saturated heterocycles. The maximum atomic E-state index is 6.05. The van der Waals surface area contributed by atoms with Crippen LogP contribution in [-0.4, -0.2) is 42.0 Å². The summed E-state index contributed by atoms with van der Waals surface area (Å²) in [5, 5.41) is 0. The summed E-state index contributed by atoms with van der Waals surface area (Å²) in [5.74, 6) is 3.88. The minimum atomic E-state index is 0. The minimum absolute atomic E-state index is 0. The summed E-state index contributed by atoms with van der Waals surface area (Å²) in [6, 6.07) is 0. The topological polar surface area (TPSA) is 41.6 Å². The van der Waals surface area contributed by atoms with E-state index in [2.05, 4.69) is 23.7 Å². The van der Waals surface area contributed by atoms with Crippen molar-refractivity contribution < 1.29 is 0 Å². The molecule has 0 aromatic carbocycles. The zero-order chi connectivity index (χ0) is 11.6. The average Bonchev–Trinajstić information content (AvgIpc) is 3.08. The fourth-order valence-electron chi connectivity index (χ4n) is 2.21. The van der Waals surface area contributed by atoms with Gasteiger partial charge in [0.05, 0.1) is 0 Å². The molecule has 0 aromatic rings. The summed E-state index contributed by atoms with van der Waals surface area (Å²) < 4.78 is 0. The molecular formula is C12H24IN3S. The largest absolute Gasteiger partial charge is 0.370 e. The molecule has 0 unspecified atom stereocenters. The summed E-state index contributed by atoms with van der Waals surface area (Å²) >= 11 is 2.00. The van der Waals surface area contributed by atoms with Gasteiger partial charge < -0.3 is 10.6 Å². The van der Waals surface area contributed by atoms with Gasteiger partial charge in [-0.25, -0.2) is 0 Å². The van der Waals surface area contributed by atoms with Crippen LogP contribution in [0.4, 0.5) is 0 Å². The smallest absolute Gasteiger partial charge is 0.191 e. The van der Waals surface area contributed by atoms with Crippen molar-refractivity contribution >= 4 is 41.7 Å². The van der Waals surface area contributed by atoms with Gasteiger partial charge in [0.2, 0.25) is 0 Å². The third kappa shape index (κ3) is 3.91. The van der Waals surface area contributed by atoms with Crippen molar-refractivity contribution in [2.24, 2.45) is 22.1 Å². The number of rotatable bonds is 3. The van der Waals surface area contributed by atoms with Crippen LogP contribution in [0.2, 0.25) is 0 Å². The Balaban J connectivity index is 0.00000144. The lowest BCUT2D eigenvalue weighted by Crippen LogP contribution is -2.43. The van der Waals surface area contributed by atoms with Gasteiger partial charge in [0.1, 0.15) is 0 Å². The van der Waals surface area contributed by atoms with E-state index >= 15 is 0 Å². The summed E-state index contributed by atoms with van der Waals surface area (Å²) in [5.41, 5.74) is 6.53. The van der Waals surface area contributed by atoms with Crippen LogP contribution in [0.5, 0.6) is 0 Å². The first kappa shape index (κ1) is 15.4. The Bertz CT molecular complexity index is 271. The van der Waals surface area contributed by atoms with E-state index in [1.54, 1.807) is 0 Å². The lowest BCUT2D eigenvalue weighted by molar-refractivity contribution is 0.366. The van der Waals surface area contributed by atoms with Crippen LogP contribution in [0.25, 0.3) is 0 Å². The van der Waals surface area contributed by atoms with Gasteiger partial charge in [0, 0.05) is 31.1 Å². The number of hydrogen-bond acceptors (Lipinski definition) is 2. The third-order valence-corrected chi connectivity index (χ3v) is 4.95. The molecule has 1 aliphatic carbocycles. The Labute approximate surface area is 126 Å². The number of hydrogen-bond donors (Lipinski definition) is 1. The molecule has 2 N–H and O–H groups in total. The summed E-state index contributed by atoms with van der Waals surface area (Å²) in [6.07, 6.45) is 2.66. The van der Waals surface area contributed by atoms with Gasteiger partial charge in [0.25, 0.3) is 0 Å². The van der Waals surface area contributed by atoms with Crippen molar-refractivity contribution in [3.8, 4) is 0 Å². The van der Waals surface area contributed by atoms with E-state index < -0.39 is 0 Å². The highest BCUT2D eigenvalue weighted by Gasteiger charge is 2.45. The van der Waals surface area contributed by atoms with Crippen molar-refractivity contribution in [3.05, 3.63) is 0 Å². The summed E-state index contributed by atoms with van der Waals surface area (Å²) in [4.78, 5) is 6.84. The van der Waals surface area contributed by atoms with Crippen molar-refractivity contribution in [1.82, 2.24) is 4.90 Å². The van der Waals surface area contributed by atoms with Crippen LogP contribution in [0.3, 0.4) is 0 Å². The van der Waals surface area contributed by atoms with Crippen molar-refractivity contribution in [2.45, 2.75) is 26.7 Å². The van der Waals surface area contributed by atoms with E-state index in [4.69, 9.17) is 5.73 Å². The minimum Gasteiger partial charge on any atom is -0.370 e. The molecule has 2 fully saturated rings. The molecule has 0 aromatic heterocycles. The first-order valence-electron chi connectivity index (χ1n) is 6.27. The highest BCUT2D eigenvalue weighted by atomic mass is 127. The molecule has 17 heavy (non-hydrogen) atoms. The van der Waals surface area contributed by atoms with Crippen molar-refractivity contribution in [3.63, 3.8) is 0 Å². The predicted molar refractivity (Wildman–Crippen MR) is 87.3 cm³/mol. The number of aliphatic imine (C=N–C) groups is 1. The molecule has 0 bridgehead atoms. The highest BCUT2D eigenvalue weighted by molar-refractivity contribution is 14.0. The van der Waals surface area contributed by atoms with E-state index in [0.717, 1.165) is 31.5 Å². The SMILES string of the molecule is CC(C)C1(CN=C(N)N2CCSCC2)CC1.I. The molecule has 1 aliphatic heterocycles. The van der Waals surface area contributed by atoms with Crippen LogP contribution < -0.4 is 5.73 Å². The Morgan fingerprint density at radius 1 is 1.35 bits per heavy atom. The number of nitrogens with two attached hydrogens (primary N) is 1. The third-order valence-electron chi connectivity index (χ3n) is 4.01. The maximum absolute atomic E-state index is 6.05. The van der Waals surface area contributed by atoms with Crippen molar-refractivity contribution in [1.29, 1.82) is 0 Å². The monoisotopic (exact) mass is 369 g/mol. The molecule has 0 spiro atoms. The van der Waals surface area contributed by atoms with Gasteiger partial charge in [-0.05, 0) is 24.2 Å². The lowest BCUT2D eigenvalue weighted by atomic mass is 9.93. The van der Waals surface area contributed by atoms with Gasteiger partial charge in [-0.1, -0.05) is 13.8 Å². The van der Waals surface area contributed by atoms with Crippen LogP contribution in [0.1, 0.15) is 26.7 Å². The summed E-state index contributed by atoms with van der Waals surface area (Å²) in [7, 11) is 0. The van der Waals surface area contributed by atoms with Crippen LogP contribution >= 0.6 is 35.7 Å². The molecule has 100 valence electrons. The molecule has 2 aliphatic rings. The number of guanidine groups is 1. The fourth-order valence-corrected chi connectivity index (χ4v) is 3.11. The van der Waals surface area contributed by atoms with Gasteiger partial charge in [0.15, 0.2) is 5.96 Å². The van der Waals surface area contributed by atoms with E-state index in [9.17, 15) is 0 Å². The standard InChI is InChI=1S/C12H23N3S.HI/c1-10(2)12(3-4-12)9-14-11(13)15-5-7-16-8-6-15;/h10H,3-9H2,1-2H3,(H2,13,14);1H. The van der Waals surface area contributed by atoms with E-state index in [1.807, 2.05) is 11.8 Å².